The summed E-state index contributed by atoms with van der Waals surface area (Å²) in [7, 11) is 0. The third kappa shape index (κ3) is 1.13. The first-order valence-electron chi connectivity index (χ1n) is 2.74. The topological polar surface area (TPSA) is 76.9 Å². The first kappa shape index (κ1) is 7.13. The number of rotatable bonds is 0. The van der Waals surface area contributed by atoms with E-state index < -0.39 is 17.0 Å². The third-order valence-electron chi connectivity index (χ3n) is 1.11. The maximum atomic E-state index is 10.6. The zero-order valence-corrected chi connectivity index (χ0v) is 5.38. The SMILES string of the molecule is CC(=O)N1N[NH+]([O-])CC1=O. The van der Waals surface area contributed by atoms with Crippen molar-refractivity contribution in [2.24, 2.45) is 0 Å². The molecule has 0 aliphatic carbocycles. The molecule has 1 heterocycles. The van der Waals surface area contributed by atoms with E-state index >= 15 is 0 Å². The van der Waals surface area contributed by atoms with Gasteiger partial charge in [0.15, 0.2) is 6.54 Å². The highest BCUT2D eigenvalue weighted by Gasteiger charge is 2.29. The highest BCUT2D eigenvalue weighted by atomic mass is 16.6. The standard InChI is InChI=1S/C4H7N3O3/c1-3(8)7-4(9)2-6(10)5-7/h5-6H,2H2,1H3. The fourth-order valence-corrected chi connectivity index (χ4v) is 0.697. The quantitative estimate of drug-likeness (QED) is 0.360. The normalized spacial score (nSPS) is 25.6. The van der Waals surface area contributed by atoms with Gasteiger partial charge in [-0.15, -0.1) is 0 Å². The van der Waals surface area contributed by atoms with Gasteiger partial charge in [0.2, 0.25) is 5.91 Å². The van der Waals surface area contributed by atoms with Gasteiger partial charge in [-0.1, -0.05) is 5.53 Å². The largest absolute Gasteiger partial charge is 0.611 e. The van der Waals surface area contributed by atoms with Crippen molar-refractivity contribution in [3.05, 3.63) is 5.21 Å². The zero-order valence-electron chi connectivity index (χ0n) is 5.38. The summed E-state index contributed by atoms with van der Waals surface area (Å²) >= 11 is 0. The molecule has 10 heavy (non-hydrogen) atoms. The molecule has 6 heteroatoms. The van der Waals surface area contributed by atoms with Crippen LogP contribution in [0.3, 0.4) is 0 Å². The van der Waals surface area contributed by atoms with E-state index in [1.807, 2.05) is 0 Å². The smallest absolute Gasteiger partial charge is 0.305 e. The van der Waals surface area contributed by atoms with Crippen molar-refractivity contribution in [1.82, 2.24) is 10.5 Å². The number of quaternary nitrogens is 1. The lowest BCUT2D eigenvalue weighted by Crippen LogP contribution is -3.12. The maximum absolute atomic E-state index is 10.6. The van der Waals surface area contributed by atoms with E-state index in [4.69, 9.17) is 0 Å². The Morgan fingerprint density at radius 1 is 1.90 bits per heavy atom. The Hall–Kier alpha value is -0.980. The molecule has 1 saturated heterocycles. The number of hydroxylamine groups is 1. The van der Waals surface area contributed by atoms with E-state index in [-0.39, 0.29) is 6.54 Å². The number of carbonyl (C=O) groups excluding carboxylic acids is 2. The Labute approximate surface area is 56.9 Å². The monoisotopic (exact) mass is 145 g/mol. The molecule has 0 spiro atoms. The Kier molecular flexibility index (Phi) is 1.66. The maximum Gasteiger partial charge on any atom is 0.305 e. The summed E-state index contributed by atoms with van der Waals surface area (Å²) in [5.74, 6) is -0.951. The van der Waals surface area contributed by atoms with Crippen LogP contribution in [0.2, 0.25) is 0 Å². The Balaban J connectivity index is 2.63. The van der Waals surface area contributed by atoms with E-state index in [2.05, 4.69) is 5.53 Å². The van der Waals surface area contributed by atoms with Crippen molar-refractivity contribution < 1.29 is 14.8 Å². The highest BCUT2D eigenvalue weighted by molar-refractivity contribution is 5.94. The van der Waals surface area contributed by atoms with Crippen molar-refractivity contribution >= 4 is 11.8 Å². The lowest BCUT2D eigenvalue weighted by molar-refractivity contribution is -0.888. The average Bonchev–Trinajstić information content (AvgIpc) is 2.10. The van der Waals surface area contributed by atoms with Crippen LogP contribution in [0.25, 0.3) is 0 Å². The molecule has 0 bridgehead atoms. The van der Waals surface area contributed by atoms with Gasteiger partial charge >= 0.3 is 5.91 Å². The molecule has 2 N–H and O–H groups in total. The minimum atomic E-state index is -0.488. The lowest BCUT2D eigenvalue weighted by atomic mass is 10.5. The van der Waals surface area contributed by atoms with E-state index in [9.17, 15) is 14.8 Å². The molecular weight excluding hydrogens is 138 g/mol. The van der Waals surface area contributed by atoms with Crippen LogP contribution in [-0.2, 0) is 9.59 Å². The second-order valence-corrected chi connectivity index (χ2v) is 1.96. The van der Waals surface area contributed by atoms with Gasteiger partial charge in [0.1, 0.15) is 0 Å². The van der Waals surface area contributed by atoms with Crippen molar-refractivity contribution in [2.75, 3.05) is 6.54 Å². The number of amides is 2. The summed E-state index contributed by atoms with van der Waals surface area (Å²) in [6, 6.07) is 0. The van der Waals surface area contributed by atoms with E-state index in [1.54, 1.807) is 0 Å². The minimum absolute atomic E-state index is 0.223. The Bertz CT molecular complexity index is 181. The zero-order chi connectivity index (χ0) is 7.72. The van der Waals surface area contributed by atoms with E-state index in [0.29, 0.717) is 5.01 Å². The predicted molar refractivity (Wildman–Crippen MR) is 29.9 cm³/mol. The molecule has 56 valence electrons. The van der Waals surface area contributed by atoms with Gasteiger partial charge in [0, 0.05) is 6.92 Å². The fourth-order valence-electron chi connectivity index (χ4n) is 0.697. The summed E-state index contributed by atoms with van der Waals surface area (Å²) in [6.45, 7) is 0.989. The number of carbonyl (C=O) groups is 2. The molecular formula is C4H7N3O3. The summed E-state index contributed by atoms with van der Waals surface area (Å²) in [4.78, 5) is 21.1. The second-order valence-electron chi connectivity index (χ2n) is 1.96. The summed E-state index contributed by atoms with van der Waals surface area (Å²) in [5.41, 5.74) is 2.10. The van der Waals surface area contributed by atoms with Crippen LogP contribution in [0.5, 0.6) is 0 Å². The number of hydrazine groups is 1. The van der Waals surface area contributed by atoms with E-state index in [0.717, 1.165) is 0 Å². The van der Waals surface area contributed by atoms with Crippen molar-refractivity contribution in [3.8, 4) is 0 Å². The molecule has 2 amide bonds. The summed E-state index contributed by atoms with van der Waals surface area (Å²) < 4.78 is 0. The number of hydrogen-bond acceptors (Lipinski definition) is 4. The number of nitrogens with zero attached hydrogens (tertiary/aromatic N) is 1. The van der Waals surface area contributed by atoms with Crippen molar-refractivity contribution in [3.63, 3.8) is 0 Å². The van der Waals surface area contributed by atoms with Gasteiger partial charge in [-0.25, -0.2) is 0 Å². The Morgan fingerprint density at radius 3 is 2.70 bits per heavy atom. The molecule has 1 aliphatic heterocycles. The van der Waals surface area contributed by atoms with Crippen LogP contribution in [0, 0.1) is 5.21 Å². The second kappa shape index (κ2) is 2.33. The van der Waals surface area contributed by atoms with Gasteiger partial charge < -0.3 is 5.21 Å². The third-order valence-corrected chi connectivity index (χ3v) is 1.11. The molecule has 6 nitrogen and oxygen atoms in total. The van der Waals surface area contributed by atoms with Crippen molar-refractivity contribution in [2.45, 2.75) is 6.92 Å². The van der Waals surface area contributed by atoms with Crippen molar-refractivity contribution in [1.29, 1.82) is 0 Å². The highest BCUT2D eigenvalue weighted by Crippen LogP contribution is 1.84. The fraction of sp³-hybridized carbons (Fsp3) is 0.500. The van der Waals surface area contributed by atoms with Crippen LogP contribution in [-0.4, -0.2) is 23.4 Å². The average molecular weight is 145 g/mol. The Morgan fingerprint density at radius 2 is 2.50 bits per heavy atom. The minimum Gasteiger partial charge on any atom is -0.611 e. The van der Waals surface area contributed by atoms with Crippen LogP contribution in [0.15, 0.2) is 0 Å². The molecule has 0 radical (unpaired) electrons. The first-order valence-corrected chi connectivity index (χ1v) is 2.74. The molecule has 1 atom stereocenters. The summed E-state index contributed by atoms with van der Waals surface area (Å²) in [6.07, 6.45) is 0. The van der Waals surface area contributed by atoms with Gasteiger partial charge in [0.25, 0.3) is 0 Å². The molecule has 0 aromatic rings. The summed E-state index contributed by atoms with van der Waals surface area (Å²) in [5, 5.41) is 10.7. The van der Waals surface area contributed by atoms with Gasteiger partial charge in [-0.2, -0.15) is 5.01 Å². The van der Waals surface area contributed by atoms with Crippen LogP contribution < -0.4 is 10.7 Å². The molecule has 0 aromatic carbocycles. The molecule has 1 aliphatic rings. The van der Waals surface area contributed by atoms with Crippen LogP contribution in [0.4, 0.5) is 0 Å². The van der Waals surface area contributed by atoms with Gasteiger partial charge in [-0.3, -0.25) is 14.8 Å². The van der Waals surface area contributed by atoms with Gasteiger partial charge in [0.05, 0.1) is 0 Å². The first-order chi connectivity index (χ1) is 4.61. The number of hydrogen-bond donors (Lipinski definition) is 2. The van der Waals surface area contributed by atoms with Crippen LogP contribution in [0.1, 0.15) is 6.92 Å². The number of imide groups is 1. The van der Waals surface area contributed by atoms with Crippen LogP contribution >= 0.6 is 0 Å². The predicted octanol–water partition coefficient (Wildman–Crippen LogP) is -2.82. The molecule has 0 saturated carbocycles. The lowest BCUT2D eigenvalue weighted by Gasteiger charge is -2.13. The molecule has 0 aromatic heterocycles. The molecule has 1 unspecified atom stereocenters. The number of nitrogens with one attached hydrogen (secondary N) is 2. The molecule has 1 fully saturated rings. The van der Waals surface area contributed by atoms with Gasteiger partial charge in [-0.05, 0) is 0 Å². The molecule has 1 rings (SSSR count). The van der Waals surface area contributed by atoms with E-state index in [1.165, 1.54) is 6.92 Å².